The van der Waals surface area contributed by atoms with Crippen LogP contribution in [0.2, 0.25) is 0 Å². The third-order valence-corrected chi connectivity index (χ3v) is 5.52. The third-order valence-electron chi connectivity index (χ3n) is 3.62. The van der Waals surface area contributed by atoms with Gasteiger partial charge in [-0.15, -0.1) is 23.1 Å². The zero-order valence-electron chi connectivity index (χ0n) is 15.0. The van der Waals surface area contributed by atoms with Gasteiger partial charge in [0, 0.05) is 17.2 Å². The molecule has 0 aliphatic heterocycles. The van der Waals surface area contributed by atoms with Crippen LogP contribution in [0.4, 0.5) is 15.2 Å². The maximum atomic E-state index is 13.6. The van der Waals surface area contributed by atoms with Crippen molar-refractivity contribution in [2.45, 2.75) is 18.4 Å². The number of carbonyl (C=O) groups excluding carboxylic acids is 2. The van der Waals surface area contributed by atoms with E-state index in [1.165, 1.54) is 29.2 Å². The summed E-state index contributed by atoms with van der Waals surface area (Å²) < 4.78 is 18.8. The number of benzene rings is 2. The van der Waals surface area contributed by atoms with Gasteiger partial charge in [0.1, 0.15) is 12.4 Å². The number of thioether (sulfide) groups is 1. The molecular weight excluding hydrogens is 399 g/mol. The van der Waals surface area contributed by atoms with Gasteiger partial charge in [-0.05, 0) is 24.3 Å². The predicted octanol–water partition coefficient (Wildman–Crippen LogP) is 4.80. The largest absolute Gasteiger partial charge is 0.459 e. The Morgan fingerprint density at radius 2 is 1.86 bits per heavy atom. The van der Waals surface area contributed by atoms with Gasteiger partial charge in [-0.3, -0.25) is 14.5 Å². The Bertz CT molecular complexity index is 963. The van der Waals surface area contributed by atoms with Gasteiger partial charge in [-0.1, -0.05) is 30.3 Å². The number of anilines is 2. The van der Waals surface area contributed by atoms with E-state index in [4.69, 9.17) is 4.74 Å². The second-order valence-corrected chi connectivity index (χ2v) is 7.54. The topological polar surface area (TPSA) is 59.5 Å². The Kier molecular flexibility index (Phi) is 6.78. The van der Waals surface area contributed by atoms with Gasteiger partial charge in [-0.2, -0.15) is 0 Å². The molecule has 1 heterocycles. The number of para-hydroxylation sites is 1. The molecule has 0 atom stereocenters. The summed E-state index contributed by atoms with van der Waals surface area (Å²) >= 11 is 2.37. The zero-order chi connectivity index (χ0) is 19.9. The molecule has 0 N–H and O–H groups in total. The van der Waals surface area contributed by atoms with Crippen molar-refractivity contribution in [1.82, 2.24) is 4.98 Å². The molecule has 0 saturated carbocycles. The van der Waals surface area contributed by atoms with Crippen LogP contribution in [0.15, 0.2) is 64.9 Å². The average Bonchev–Trinajstić information content (AvgIpc) is 3.15. The van der Waals surface area contributed by atoms with E-state index in [1.54, 1.807) is 23.6 Å². The van der Waals surface area contributed by atoms with Crippen molar-refractivity contribution in [2.75, 3.05) is 10.7 Å². The molecule has 8 heteroatoms. The lowest BCUT2D eigenvalue weighted by atomic mass is 10.3. The molecule has 0 aliphatic carbocycles. The summed E-state index contributed by atoms with van der Waals surface area (Å²) in [5.41, 5.74) is 1.26. The number of hydrogen-bond acceptors (Lipinski definition) is 6. The highest BCUT2D eigenvalue weighted by atomic mass is 32.2. The number of esters is 1. The molecule has 3 aromatic rings. The first-order chi connectivity index (χ1) is 13.5. The minimum atomic E-state index is -0.464. The maximum absolute atomic E-state index is 13.6. The van der Waals surface area contributed by atoms with E-state index in [0.717, 1.165) is 11.8 Å². The number of halogens is 1. The van der Waals surface area contributed by atoms with Gasteiger partial charge in [-0.25, -0.2) is 9.37 Å². The fraction of sp³-hybridized carbons (Fsp3) is 0.150. The van der Waals surface area contributed by atoms with Crippen LogP contribution in [0, 0.1) is 5.82 Å². The van der Waals surface area contributed by atoms with Crippen molar-refractivity contribution >= 4 is 45.8 Å². The molecule has 0 radical (unpaired) electrons. The summed E-state index contributed by atoms with van der Waals surface area (Å²) in [6.07, 6.45) is 0. The monoisotopic (exact) mass is 416 g/mol. The van der Waals surface area contributed by atoms with Crippen LogP contribution in [-0.4, -0.2) is 22.6 Å². The third kappa shape index (κ3) is 5.17. The minimum absolute atomic E-state index is 0.00150. The smallest absolute Gasteiger partial charge is 0.316 e. The summed E-state index contributed by atoms with van der Waals surface area (Å²) in [4.78, 5) is 30.3. The van der Waals surface area contributed by atoms with Crippen molar-refractivity contribution in [3.63, 3.8) is 0 Å². The molecule has 5 nitrogen and oxygen atoms in total. The van der Waals surface area contributed by atoms with Crippen molar-refractivity contribution in [3.8, 4) is 0 Å². The first kappa shape index (κ1) is 20.0. The fourth-order valence-corrected chi connectivity index (χ4v) is 3.97. The summed E-state index contributed by atoms with van der Waals surface area (Å²) in [7, 11) is 0. The Morgan fingerprint density at radius 3 is 2.57 bits per heavy atom. The number of nitrogens with zero attached hydrogens (tertiary/aromatic N) is 2. The molecule has 0 unspecified atom stereocenters. The normalized spacial score (nSPS) is 10.5. The number of rotatable bonds is 7. The fourth-order valence-electron chi connectivity index (χ4n) is 2.36. The number of amides is 1. The van der Waals surface area contributed by atoms with Gasteiger partial charge >= 0.3 is 5.97 Å². The first-order valence-corrected chi connectivity index (χ1v) is 10.2. The van der Waals surface area contributed by atoms with Crippen LogP contribution in [0.5, 0.6) is 0 Å². The van der Waals surface area contributed by atoms with Gasteiger partial charge in [0.05, 0.1) is 17.1 Å². The van der Waals surface area contributed by atoms with Gasteiger partial charge < -0.3 is 4.74 Å². The molecular formula is C20H17FN2O3S2. The molecule has 0 fully saturated rings. The molecule has 0 saturated heterocycles. The van der Waals surface area contributed by atoms with Crippen LogP contribution < -0.4 is 4.90 Å². The number of hydrogen-bond donors (Lipinski definition) is 0. The van der Waals surface area contributed by atoms with Gasteiger partial charge in [0.2, 0.25) is 5.91 Å². The molecule has 0 aliphatic rings. The number of ether oxygens (including phenoxy) is 1. The molecule has 3 rings (SSSR count). The van der Waals surface area contributed by atoms with E-state index in [2.05, 4.69) is 4.98 Å². The lowest BCUT2D eigenvalue weighted by Crippen LogP contribution is -2.22. The van der Waals surface area contributed by atoms with Crippen molar-refractivity contribution in [3.05, 3.63) is 71.5 Å². The second-order valence-electron chi connectivity index (χ2n) is 5.69. The second kappa shape index (κ2) is 9.48. The van der Waals surface area contributed by atoms with Gasteiger partial charge in [0.15, 0.2) is 5.13 Å². The number of aromatic nitrogens is 1. The van der Waals surface area contributed by atoms with Crippen LogP contribution in [0.3, 0.4) is 0 Å². The molecule has 1 amide bonds. The lowest BCUT2D eigenvalue weighted by Gasteiger charge is -2.17. The number of carbonyl (C=O) groups is 2. The summed E-state index contributed by atoms with van der Waals surface area (Å²) in [5, 5.41) is 2.25. The van der Waals surface area contributed by atoms with E-state index in [1.807, 2.05) is 30.3 Å². The molecule has 1 aromatic heterocycles. The molecule has 0 bridgehead atoms. The Balaban J connectivity index is 1.57. The summed E-state index contributed by atoms with van der Waals surface area (Å²) in [6, 6.07) is 15.5. The molecule has 28 heavy (non-hydrogen) atoms. The minimum Gasteiger partial charge on any atom is -0.459 e. The maximum Gasteiger partial charge on any atom is 0.316 e. The molecule has 2 aromatic carbocycles. The lowest BCUT2D eigenvalue weighted by molar-refractivity contribution is -0.141. The number of thiazole rings is 1. The van der Waals surface area contributed by atoms with E-state index < -0.39 is 5.97 Å². The Morgan fingerprint density at radius 1 is 1.14 bits per heavy atom. The SMILES string of the molecule is CC(=O)N(c1ccccc1)c1nc(COC(=O)CSc2ccccc2F)cs1. The summed E-state index contributed by atoms with van der Waals surface area (Å²) in [5.74, 6) is -0.990. The van der Waals surface area contributed by atoms with Crippen molar-refractivity contribution in [1.29, 1.82) is 0 Å². The van der Waals surface area contributed by atoms with E-state index >= 15 is 0 Å². The highest BCUT2D eigenvalue weighted by Gasteiger charge is 2.18. The van der Waals surface area contributed by atoms with Crippen LogP contribution in [0.1, 0.15) is 12.6 Å². The summed E-state index contributed by atoms with van der Waals surface area (Å²) in [6.45, 7) is 1.46. The van der Waals surface area contributed by atoms with E-state index in [9.17, 15) is 14.0 Å². The highest BCUT2D eigenvalue weighted by molar-refractivity contribution is 8.00. The van der Waals surface area contributed by atoms with E-state index in [-0.39, 0.29) is 24.1 Å². The zero-order valence-corrected chi connectivity index (χ0v) is 16.6. The van der Waals surface area contributed by atoms with Crippen molar-refractivity contribution < 1.29 is 18.7 Å². The van der Waals surface area contributed by atoms with E-state index in [0.29, 0.717) is 21.4 Å². The predicted molar refractivity (Wildman–Crippen MR) is 108 cm³/mol. The molecule has 0 spiro atoms. The Labute approximate surface area is 170 Å². The first-order valence-electron chi connectivity index (χ1n) is 8.37. The van der Waals surface area contributed by atoms with Crippen LogP contribution in [0.25, 0.3) is 0 Å². The molecule has 144 valence electrons. The van der Waals surface area contributed by atoms with Gasteiger partial charge in [0.25, 0.3) is 0 Å². The Hall–Kier alpha value is -2.71. The average molecular weight is 416 g/mol. The van der Waals surface area contributed by atoms with Crippen LogP contribution >= 0.6 is 23.1 Å². The standard InChI is InChI=1S/C20H17FN2O3S2/c1-14(24)23(16-7-3-2-4-8-16)20-22-15(12-28-20)11-26-19(25)13-27-18-10-6-5-9-17(18)21/h2-10,12H,11,13H2,1H3. The quantitative estimate of drug-likeness (QED) is 0.409. The van der Waals surface area contributed by atoms with Crippen LogP contribution in [-0.2, 0) is 20.9 Å². The van der Waals surface area contributed by atoms with Crippen molar-refractivity contribution in [2.24, 2.45) is 0 Å². The highest BCUT2D eigenvalue weighted by Crippen LogP contribution is 2.29.